The second-order valence-corrected chi connectivity index (χ2v) is 6.57. The third kappa shape index (κ3) is 4.06. The zero-order chi connectivity index (χ0) is 20.4. The van der Waals surface area contributed by atoms with Crippen molar-refractivity contribution in [2.45, 2.75) is 13.8 Å². The Morgan fingerprint density at radius 2 is 1.86 bits per heavy atom. The molecule has 1 aliphatic heterocycles. The third-order valence-electron chi connectivity index (χ3n) is 4.32. The summed E-state index contributed by atoms with van der Waals surface area (Å²) >= 11 is 0. The van der Waals surface area contributed by atoms with Crippen LogP contribution in [0, 0.1) is 13.8 Å². The fourth-order valence-corrected chi connectivity index (χ4v) is 2.95. The van der Waals surface area contributed by atoms with Gasteiger partial charge in [-0.2, -0.15) is 0 Å². The van der Waals surface area contributed by atoms with E-state index in [0.29, 0.717) is 34.6 Å². The molecule has 148 valence electrons. The SMILES string of the molecule is COc1ccc(C)cc1NC(=O)c1cc(C)nc(Nc2ccc3c(c2)OCO3)n1. The first-order chi connectivity index (χ1) is 14.0. The smallest absolute Gasteiger partial charge is 0.274 e. The molecule has 2 aromatic carbocycles. The maximum atomic E-state index is 12.8. The van der Waals surface area contributed by atoms with E-state index in [0.717, 1.165) is 11.3 Å². The molecule has 0 fully saturated rings. The van der Waals surface area contributed by atoms with E-state index < -0.39 is 0 Å². The van der Waals surface area contributed by atoms with Crippen LogP contribution in [0.2, 0.25) is 0 Å². The zero-order valence-electron chi connectivity index (χ0n) is 16.3. The molecule has 0 radical (unpaired) electrons. The summed E-state index contributed by atoms with van der Waals surface area (Å²) in [4.78, 5) is 21.5. The van der Waals surface area contributed by atoms with Crippen molar-refractivity contribution >= 4 is 23.2 Å². The number of hydrogen-bond donors (Lipinski definition) is 2. The van der Waals surface area contributed by atoms with Gasteiger partial charge in [0.1, 0.15) is 11.4 Å². The molecule has 2 N–H and O–H groups in total. The second-order valence-electron chi connectivity index (χ2n) is 6.57. The van der Waals surface area contributed by atoms with Crippen molar-refractivity contribution in [3.8, 4) is 17.2 Å². The van der Waals surface area contributed by atoms with Crippen LogP contribution in [0.15, 0.2) is 42.5 Å². The van der Waals surface area contributed by atoms with Gasteiger partial charge in [-0.25, -0.2) is 9.97 Å². The molecule has 1 amide bonds. The van der Waals surface area contributed by atoms with E-state index in [1.54, 1.807) is 32.2 Å². The summed E-state index contributed by atoms with van der Waals surface area (Å²) in [6, 6.07) is 12.6. The first kappa shape index (κ1) is 18.5. The number of benzene rings is 2. The lowest BCUT2D eigenvalue weighted by Crippen LogP contribution is -2.16. The Bertz CT molecular complexity index is 1080. The molecule has 0 atom stereocenters. The summed E-state index contributed by atoms with van der Waals surface area (Å²) in [5, 5.41) is 5.96. The molecule has 2 heterocycles. The number of fused-ring (bicyclic) bond motifs is 1. The van der Waals surface area contributed by atoms with Gasteiger partial charge < -0.3 is 24.8 Å². The van der Waals surface area contributed by atoms with Gasteiger partial charge in [0.15, 0.2) is 11.5 Å². The molecule has 0 bridgehead atoms. The fourth-order valence-electron chi connectivity index (χ4n) is 2.95. The predicted molar refractivity (Wildman–Crippen MR) is 108 cm³/mol. The van der Waals surface area contributed by atoms with Crippen LogP contribution in [-0.2, 0) is 0 Å². The predicted octanol–water partition coefficient (Wildman–Crippen LogP) is 3.83. The molecule has 8 nitrogen and oxygen atoms in total. The second kappa shape index (κ2) is 7.67. The average Bonchev–Trinajstić information content (AvgIpc) is 3.15. The van der Waals surface area contributed by atoms with Gasteiger partial charge >= 0.3 is 0 Å². The van der Waals surface area contributed by atoms with E-state index in [1.807, 2.05) is 31.2 Å². The van der Waals surface area contributed by atoms with Crippen LogP contribution in [0.1, 0.15) is 21.7 Å². The first-order valence-electron chi connectivity index (χ1n) is 9.00. The monoisotopic (exact) mass is 392 g/mol. The van der Waals surface area contributed by atoms with Crippen LogP contribution in [0.5, 0.6) is 17.2 Å². The van der Waals surface area contributed by atoms with E-state index in [4.69, 9.17) is 14.2 Å². The van der Waals surface area contributed by atoms with Crippen LogP contribution in [0.4, 0.5) is 17.3 Å². The summed E-state index contributed by atoms with van der Waals surface area (Å²) in [5.41, 5.74) is 3.21. The minimum absolute atomic E-state index is 0.201. The number of carbonyl (C=O) groups is 1. The zero-order valence-corrected chi connectivity index (χ0v) is 16.3. The molecule has 0 saturated carbocycles. The molecule has 0 unspecified atom stereocenters. The van der Waals surface area contributed by atoms with Crippen LogP contribution >= 0.6 is 0 Å². The molecule has 29 heavy (non-hydrogen) atoms. The molecular formula is C21H20N4O4. The quantitative estimate of drug-likeness (QED) is 0.681. The van der Waals surface area contributed by atoms with E-state index in [2.05, 4.69) is 20.6 Å². The Labute approximate surface area is 167 Å². The summed E-state index contributed by atoms with van der Waals surface area (Å²) in [6.45, 7) is 3.94. The fraction of sp³-hybridized carbons (Fsp3) is 0.190. The van der Waals surface area contributed by atoms with E-state index in [-0.39, 0.29) is 18.4 Å². The molecule has 1 aliphatic rings. The van der Waals surface area contributed by atoms with Crippen LogP contribution < -0.4 is 24.8 Å². The highest BCUT2D eigenvalue weighted by atomic mass is 16.7. The van der Waals surface area contributed by atoms with Crippen molar-refractivity contribution in [3.63, 3.8) is 0 Å². The number of ether oxygens (including phenoxy) is 3. The van der Waals surface area contributed by atoms with Crippen molar-refractivity contribution in [1.82, 2.24) is 9.97 Å². The highest BCUT2D eigenvalue weighted by Crippen LogP contribution is 2.34. The van der Waals surface area contributed by atoms with Gasteiger partial charge in [-0.05, 0) is 49.7 Å². The number of hydrogen-bond acceptors (Lipinski definition) is 7. The summed E-state index contributed by atoms with van der Waals surface area (Å²) < 4.78 is 16.0. The Balaban J connectivity index is 1.56. The standard InChI is InChI=1S/C21H20N4O4/c1-12-4-6-17(27-3)15(8-12)24-20(26)16-9-13(2)22-21(25-16)23-14-5-7-18-19(10-14)29-11-28-18/h4-10H,11H2,1-3H3,(H,24,26)(H,22,23,25). The molecule has 4 rings (SSSR count). The minimum Gasteiger partial charge on any atom is -0.495 e. The first-order valence-corrected chi connectivity index (χ1v) is 9.00. The van der Waals surface area contributed by atoms with Crippen molar-refractivity contribution in [1.29, 1.82) is 0 Å². The van der Waals surface area contributed by atoms with Gasteiger partial charge in [0.05, 0.1) is 12.8 Å². The number of rotatable bonds is 5. The van der Waals surface area contributed by atoms with Crippen molar-refractivity contribution in [2.24, 2.45) is 0 Å². The van der Waals surface area contributed by atoms with Gasteiger partial charge in [0.25, 0.3) is 5.91 Å². The number of nitrogens with one attached hydrogen (secondary N) is 2. The number of anilines is 3. The summed E-state index contributed by atoms with van der Waals surface area (Å²) in [6.07, 6.45) is 0. The Hall–Kier alpha value is -3.81. The topological polar surface area (TPSA) is 94.6 Å². The number of methoxy groups -OCH3 is 1. The van der Waals surface area contributed by atoms with Gasteiger partial charge in [0, 0.05) is 17.4 Å². The number of carbonyl (C=O) groups excluding carboxylic acids is 1. The maximum absolute atomic E-state index is 12.8. The lowest BCUT2D eigenvalue weighted by molar-refractivity contribution is 0.102. The van der Waals surface area contributed by atoms with Crippen molar-refractivity contribution < 1.29 is 19.0 Å². The number of nitrogens with zero attached hydrogens (tertiary/aromatic N) is 2. The molecule has 8 heteroatoms. The van der Waals surface area contributed by atoms with Crippen molar-refractivity contribution in [3.05, 3.63) is 59.4 Å². The molecule has 0 saturated heterocycles. The highest BCUT2D eigenvalue weighted by Gasteiger charge is 2.16. The third-order valence-corrected chi connectivity index (χ3v) is 4.32. The molecule has 0 aliphatic carbocycles. The number of aromatic nitrogens is 2. The van der Waals surface area contributed by atoms with Gasteiger partial charge in [-0.1, -0.05) is 6.07 Å². The van der Waals surface area contributed by atoms with Crippen LogP contribution in [0.25, 0.3) is 0 Å². The number of aryl methyl sites for hydroxylation is 2. The van der Waals surface area contributed by atoms with Crippen molar-refractivity contribution in [2.75, 3.05) is 24.5 Å². The van der Waals surface area contributed by atoms with E-state index >= 15 is 0 Å². The maximum Gasteiger partial charge on any atom is 0.274 e. The largest absolute Gasteiger partial charge is 0.495 e. The van der Waals surface area contributed by atoms with Crippen LogP contribution in [-0.4, -0.2) is 29.8 Å². The van der Waals surface area contributed by atoms with Gasteiger partial charge in [-0.3, -0.25) is 4.79 Å². The lowest BCUT2D eigenvalue weighted by Gasteiger charge is -2.12. The minimum atomic E-state index is -0.354. The number of amides is 1. The highest BCUT2D eigenvalue weighted by molar-refractivity contribution is 6.04. The van der Waals surface area contributed by atoms with E-state index in [9.17, 15) is 4.79 Å². The Morgan fingerprint density at radius 1 is 1.03 bits per heavy atom. The van der Waals surface area contributed by atoms with Gasteiger partial charge in [0.2, 0.25) is 12.7 Å². The molecule has 1 aromatic heterocycles. The van der Waals surface area contributed by atoms with E-state index in [1.165, 1.54) is 0 Å². The van der Waals surface area contributed by atoms with Gasteiger partial charge in [-0.15, -0.1) is 0 Å². The molecule has 0 spiro atoms. The molecule has 3 aromatic rings. The van der Waals surface area contributed by atoms with Crippen LogP contribution in [0.3, 0.4) is 0 Å². The Kier molecular flexibility index (Phi) is 4.90. The lowest BCUT2D eigenvalue weighted by atomic mass is 10.2. The average molecular weight is 392 g/mol. The summed E-state index contributed by atoms with van der Waals surface area (Å²) in [5.74, 6) is 1.87. The Morgan fingerprint density at radius 3 is 2.69 bits per heavy atom. The summed E-state index contributed by atoms with van der Waals surface area (Å²) in [7, 11) is 1.56. The molecular weight excluding hydrogens is 372 g/mol. The normalized spacial score (nSPS) is 11.8.